The molecule has 0 spiro atoms. The number of aliphatic hydroxyl groups is 1. The standard InChI is InChI=1S/C19H24FNO2/c1-2-21(12-16-8-4-3-5-9-16)13-18(22)15-23-14-17-10-6-7-11-19(17)20/h3-11,18,22H,2,12-15H2,1H3. The number of hydrogen-bond acceptors (Lipinski definition) is 3. The van der Waals surface area contributed by atoms with Crippen molar-refractivity contribution in [1.82, 2.24) is 4.90 Å². The minimum atomic E-state index is -0.592. The van der Waals surface area contributed by atoms with Gasteiger partial charge in [0, 0.05) is 18.7 Å². The van der Waals surface area contributed by atoms with Crippen LogP contribution in [0.4, 0.5) is 4.39 Å². The quantitative estimate of drug-likeness (QED) is 0.771. The zero-order valence-electron chi connectivity index (χ0n) is 13.5. The molecule has 23 heavy (non-hydrogen) atoms. The minimum absolute atomic E-state index is 0.175. The van der Waals surface area contributed by atoms with Crippen LogP contribution in [0, 0.1) is 5.82 Å². The first-order chi connectivity index (χ1) is 11.2. The summed E-state index contributed by atoms with van der Waals surface area (Å²) >= 11 is 0. The van der Waals surface area contributed by atoms with Gasteiger partial charge < -0.3 is 9.84 Å². The van der Waals surface area contributed by atoms with Crippen LogP contribution in [-0.2, 0) is 17.9 Å². The molecule has 0 aliphatic carbocycles. The van der Waals surface area contributed by atoms with Gasteiger partial charge >= 0.3 is 0 Å². The van der Waals surface area contributed by atoms with E-state index in [1.807, 2.05) is 18.2 Å². The van der Waals surface area contributed by atoms with Crippen molar-refractivity contribution in [3.8, 4) is 0 Å². The summed E-state index contributed by atoms with van der Waals surface area (Å²) in [4.78, 5) is 2.16. The van der Waals surface area contributed by atoms with Crippen LogP contribution >= 0.6 is 0 Å². The molecule has 0 heterocycles. The molecule has 0 aliphatic heterocycles. The van der Waals surface area contributed by atoms with Gasteiger partial charge in [0.15, 0.2) is 0 Å². The number of hydrogen-bond donors (Lipinski definition) is 1. The zero-order chi connectivity index (χ0) is 16.5. The lowest BCUT2D eigenvalue weighted by molar-refractivity contribution is 0.00865. The molecule has 2 aromatic rings. The first-order valence-electron chi connectivity index (χ1n) is 7.94. The average Bonchev–Trinajstić information content (AvgIpc) is 2.57. The Labute approximate surface area is 137 Å². The molecule has 2 rings (SSSR count). The average molecular weight is 317 g/mol. The summed E-state index contributed by atoms with van der Waals surface area (Å²) in [5.74, 6) is -0.277. The Kier molecular flexibility index (Phi) is 7.20. The van der Waals surface area contributed by atoms with E-state index in [9.17, 15) is 9.50 Å². The molecule has 0 aliphatic rings. The Hall–Kier alpha value is -1.75. The molecule has 1 N–H and O–H groups in total. The third-order valence-electron chi connectivity index (χ3n) is 3.69. The third kappa shape index (κ3) is 6.10. The van der Waals surface area contributed by atoms with Gasteiger partial charge in [0.05, 0.1) is 19.3 Å². The number of benzene rings is 2. The van der Waals surface area contributed by atoms with Crippen molar-refractivity contribution in [2.45, 2.75) is 26.2 Å². The van der Waals surface area contributed by atoms with Crippen LogP contribution in [0.25, 0.3) is 0 Å². The van der Waals surface area contributed by atoms with Crippen molar-refractivity contribution in [2.75, 3.05) is 19.7 Å². The van der Waals surface area contributed by atoms with E-state index >= 15 is 0 Å². The van der Waals surface area contributed by atoms with Gasteiger partial charge in [0.25, 0.3) is 0 Å². The molecule has 1 atom stereocenters. The zero-order valence-corrected chi connectivity index (χ0v) is 13.5. The van der Waals surface area contributed by atoms with Crippen LogP contribution in [0.2, 0.25) is 0 Å². The maximum Gasteiger partial charge on any atom is 0.128 e. The molecule has 0 saturated carbocycles. The number of ether oxygens (including phenoxy) is 1. The number of nitrogens with zero attached hydrogens (tertiary/aromatic N) is 1. The Balaban J connectivity index is 1.74. The first-order valence-corrected chi connectivity index (χ1v) is 7.94. The van der Waals surface area contributed by atoms with Gasteiger partial charge in [0.1, 0.15) is 5.82 Å². The van der Waals surface area contributed by atoms with E-state index in [1.165, 1.54) is 11.6 Å². The van der Waals surface area contributed by atoms with Gasteiger partial charge in [-0.1, -0.05) is 55.5 Å². The van der Waals surface area contributed by atoms with Crippen LogP contribution in [0.15, 0.2) is 54.6 Å². The van der Waals surface area contributed by atoms with Crippen molar-refractivity contribution < 1.29 is 14.2 Å². The SMILES string of the molecule is CCN(Cc1ccccc1)CC(O)COCc1ccccc1F. The second kappa shape index (κ2) is 9.40. The fourth-order valence-electron chi connectivity index (χ4n) is 2.42. The lowest BCUT2D eigenvalue weighted by Crippen LogP contribution is -2.34. The lowest BCUT2D eigenvalue weighted by atomic mass is 10.2. The van der Waals surface area contributed by atoms with Gasteiger partial charge in [-0.05, 0) is 18.2 Å². The molecule has 0 amide bonds. The van der Waals surface area contributed by atoms with Crippen molar-refractivity contribution in [2.24, 2.45) is 0 Å². The molecule has 0 saturated heterocycles. The predicted octanol–water partition coefficient (Wildman–Crippen LogP) is 3.23. The van der Waals surface area contributed by atoms with E-state index in [4.69, 9.17) is 4.74 Å². The second-order valence-corrected chi connectivity index (χ2v) is 5.57. The number of likely N-dealkylation sites (N-methyl/N-ethyl adjacent to an activating group) is 1. The Morgan fingerprint density at radius 1 is 1.09 bits per heavy atom. The third-order valence-corrected chi connectivity index (χ3v) is 3.69. The van der Waals surface area contributed by atoms with Crippen molar-refractivity contribution >= 4 is 0 Å². The van der Waals surface area contributed by atoms with Gasteiger partial charge in [-0.3, -0.25) is 4.90 Å². The summed E-state index contributed by atoms with van der Waals surface area (Å²) in [5, 5.41) is 10.1. The predicted molar refractivity (Wildman–Crippen MR) is 89.5 cm³/mol. The van der Waals surface area contributed by atoms with Gasteiger partial charge in [-0.15, -0.1) is 0 Å². The minimum Gasteiger partial charge on any atom is -0.389 e. The Bertz CT molecular complexity index is 577. The van der Waals surface area contributed by atoms with E-state index < -0.39 is 6.10 Å². The Morgan fingerprint density at radius 3 is 2.48 bits per heavy atom. The largest absolute Gasteiger partial charge is 0.389 e. The summed E-state index contributed by atoms with van der Waals surface area (Å²) in [6.07, 6.45) is -0.592. The molecule has 0 fully saturated rings. The fraction of sp³-hybridized carbons (Fsp3) is 0.368. The topological polar surface area (TPSA) is 32.7 Å². The van der Waals surface area contributed by atoms with Crippen molar-refractivity contribution in [3.63, 3.8) is 0 Å². The molecule has 124 valence electrons. The van der Waals surface area contributed by atoms with Crippen molar-refractivity contribution in [1.29, 1.82) is 0 Å². The van der Waals surface area contributed by atoms with E-state index in [1.54, 1.807) is 18.2 Å². The Morgan fingerprint density at radius 2 is 1.78 bits per heavy atom. The van der Waals surface area contributed by atoms with Gasteiger partial charge in [-0.2, -0.15) is 0 Å². The van der Waals surface area contributed by atoms with E-state index in [2.05, 4.69) is 24.0 Å². The first kappa shape index (κ1) is 17.6. The molecule has 1 unspecified atom stereocenters. The normalized spacial score (nSPS) is 12.5. The second-order valence-electron chi connectivity index (χ2n) is 5.57. The molecule has 0 bridgehead atoms. The van der Waals surface area contributed by atoms with Crippen LogP contribution in [0.5, 0.6) is 0 Å². The molecule has 3 nitrogen and oxygen atoms in total. The highest BCUT2D eigenvalue weighted by atomic mass is 19.1. The molecular formula is C19H24FNO2. The number of aliphatic hydroxyl groups excluding tert-OH is 1. The molecule has 0 aromatic heterocycles. The maximum atomic E-state index is 13.5. The lowest BCUT2D eigenvalue weighted by Gasteiger charge is -2.23. The van der Waals surface area contributed by atoms with Crippen LogP contribution in [0.1, 0.15) is 18.1 Å². The summed E-state index contributed by atoms with van der Waals surface area (Å²) in [6, 6.07) is 16.7. The van der Waals surface area contributed by atoms with Gasteiger partial charge in [0.2, 0.25) is 0 Å². The molecule has 2 aromatic carbocycles. The van der Waals surface area contributed by atoms with Crippen molar-refractivity contribution in [3.05, 3.63) is 71.5 Å². The van der Waals surface area contributed by atoms with Crippen LogP contribution in [0.3, 0.4) is 0 Å². The molecular weight excluding hydrogens is 293 g/mol. The summed E-state index contributed by atoms with van der Waals surface area (Å²) < 4.78 is 18.9. The number of halogens is 1. The fourth-order valence-corrected chi connectivity index (χ4v) is 2.42. The highest BCUT2D eigenvalue weighted by molar-refractivity contribution is 5.16. The highest BCUT2D eigenvalue weighted by Crippen LogP contribution is 2.09. The molecule has 0 radical (unpaired) electrons. The summed E-state index contributed by atoms with van der Waals surface area (Å²) in [5.41, 5.74) is 1.73. The summed E-state index contributed by atoms with van der Waals surface area (Å²) in [6.45, 7) is 4.60. The van der Waals surface area contributed by atoms with Crippen LogP contribution < -0.4 is 0 Å². The smallest absolute Gasteiger partial charge is 0.128 e. The van der Waals surface area contributed by atoms with Crippen LogP contribution in [-0.4, -0.2) is 35.8 Å². The van der Waals surface area contributed by atoms with Gasteiger partial charge in [-0.25, -0.2) is 4.39 Å². The van der Waals surface area contributed by atoms with E-state index in [-0.39, 0.29) is 19.0 Å². The number of rotatable bonds is 9. The van der Waals surface area contributed by atoms with E-state index in [0.29, 0.717) is 12.1 Å². The maximum absolute atomic E-state index is 13.5. The monoisotopic (exact) mass is 317 g/mol. The summed E-state index contributed by atoms with van der Waals surface area (Å²) in [7, 11) is 0. The van der Waals surface area contributed by atoms with E-state index in [0.717, 1.165) is 13.1 Å². The molecule has 4 heteroatoms. The highest BCUT2D eigenvalue weighted by Gasteiger charge is 2.11.